The highest BCUT2D eigenvalue weighted by Crippen LogP contribution is 2.24. The first-order chi connectivity index (χ1) is 7.83. The van der Waals surface area contributed by atoms with Crippen LogP contribution in [-0.2, 0) is 4.74 Å². The SMILES string of the molecule is COC(=O)c1ccc(OCC(C)(C)F)c(Cl)n1. The Labute approximate surface area is 104 Å². The summed E-state index contributed by atoms with van der Waals surface area (Å²) in [6.45, 7) is 2.63. The molecule has 1 heterocycles. The van der Waals surface area contributed by atoms with Crippen LogP contribution in [0.25, 0.3) is 0 Å². The predicted molar refractivity (Wildman–Crippen MR) is 61.3 cm³/mol. The van der Waals surface area contributed by atoms with E-state index < -0.39 is 11.6 Å². The highest BCUT2D eigenvalue weighted by Gasteiger charge is 2.18. The lowest BCUT2D eigenvalue weighted by Gasteiger charge is -2.15. The van der Waals surface area contributed by atoms with E-state index in [0.29, 0.717) is 0 Å². The summed E-state index contributed by atoms with van der Waals surface area (Å²) in [4.78, 5) is 14.9. The molecule has 0 fully saturated rings. The lowest BCUT2D eigenvalue weighted by Crippen LogP contribution is -2.22. The van der Waals surface area contributed by atoms with Crippen molar-refractivity contribution in [3.63, 3.8) is 0 Å². The first kappa shape index (κ1) is 13.7. The second-order valence-electron chi connectivity index (χ2n) is 3.98. The first-order valence-corrected chi connectivity index (χ1v) is 5.28. The van der Waals surface area contributed by atoms with Gasteiger partial charge in [0.1, 0.15) is 18.0 Å². The van der Waals surface area contributed by atoms with Crippen molar-refractivity contribution in [1.82, 2.24) is 4.98 Å². The number of aromatic nitrogens is 1. The molecule has 0 atom stereocenters. The summed E-state index contributed by atoms with van der Waals surface area (Å²) in [6, 6.07) is 2.85. The smallest absolute Gasteiger partial charge is 0.356 e. The second kappa shape index (κ2) is 5.31. The maximum atomic E-state index is 13.2. The van der Waals surface area contributed by atoms with E-state index >= 15 is 0 Å². The van der Waals surface area contributed by atoms with Gasteiger partial charge in [-0.2, -0.15) is 0 Å². The van der Waals surface area contributed by atoms with Crippen LogP contribution in [0.1, 0.15) is 24.3 Å². The molecule has 94 valence electrons. The molecular weight excluding hydrogens is 249 g/mol. The van der Waals surface area contributed by atoms with Crippen molar-refractivity contribution in [2.24, 2.45) is 0 Å². The highest BCUT2D eigenvalue weighted by atomic mass is 35.5. The normalized spacial score (nSPS) is 11.1. The zero-order valence-electron chi connectivity index (χ0n) is 9.79. The van der Waals surface area contributed by atoms with Gasteiger partial charge in [0.25, 0.3) is 0 Å². The van der Waals surface area contributed by atoms with Gasteiger partial charge in [-0.15, -0.1) is 0 Å². The molecule has 0 aliphatic heterocycles. The first-order valence-electron chi connectivity index (χ1n) is 4.90. The molecule has 0 unspecified atom stereocenters. The zero-order valence-corrected chi connectivity index (χ0v) is 10.5. The Morgan fingerprint density at radius 1 is 1.53 bits per heavy atom. The van der Waals surface area contributed by atoms with Crippen LogP contribution in [0.3, 0.4) is 0 Å². The van der Waals surface area contributed by atoms with Gasteiger partial charge in [0, 0.05) is 0 Å². The summed E-state index contributed by atoms with van der Waals surface area (Å²) in [7, 11) is 1.24. The van der Waals surface area contributed by atoms with Crippen LogP contribution in [0.15, 0.2) is 12.1 Å². The summed E-state index contributed by atoms with van der Waals surface area (Å²) in [5, 5.41) is -0.00264. The Morgan fingerprint density at radius 3 is 2.65 bits per heavy atom. The molecule has 0 saturated carbocycles. The molecule has 0 N–H and O–H groups in total. The number of nitrogens with zero attached hydrogens (tertiary/aromatic N) is 1. The average Bonchev–Trinajstić information content (AvgIpc) is 2.25. The van der Waals surface area contributed by atoms with Crippen LogP contribution in [-0.4, -0.2) is 30.3 Å². The van der Waals surface area contributed by atoms with Gasteiger partial charge in [0.15, 0.2) is 10.9 Å². The molecule has 0 aromatic carbocycles. The van der Waals surface area contributed by atoms with E-state index in [1.165, 1.54) is 33.1 Å². The summed E-state index contributed by atoms with van der Waals surface area (Å²) in [6.07, 6.45) is 0. The Hall–Kier alpha value is -1.36. The van der Waals surface area contributed by atoms with Crippen LogP contribution in [0.4, 0.5) is 4.39 Å². The standard InChI is InChI=1S/C11H13ClFNO3/c1-11(2,13)6-17-8-5-4-7(10(15)16-3)14-9(8)12/h4-5H,6H2,1-3H3. The third-order valence-corrected chi connectivity index (χ3v) is 2.05. The Kier molecular flexibility index (Phi) is 4.28. The lowest BCUT2D eigenvalue weighted by atomic mass is 10.2. The van der Waals surface area contributed by atoms with Crippen LogP contribution in [0.2, 0.25) is 5.15 Å². The van der Waals surface area contributed by atoms with Crippen molar-refractivity contribution in [3.05, 3.63) is 23.0 Å². The minimum atomic E-state index is -1.47. The molecule has 0 spiro atoms. The van der Waals surface area contributed by atoms with Gasteiger partial charge in [-0.25, -0.2) is 14.2 Å². The highest BCUT2D eigenvalue weighted by molar-refractivity contribution is 6.31. The molecular formula is C11H13ClFNO3. The monoisotopic (exact) mass is 261 g/mol. The van der Waals surface area contributed by atoms with Crippen LogP contribution < -0.4 is 4.74 Å². The number of ether oxygens (including phenoxy) is 2. The van der Waals surface area contributed by atoms with Crippen molar-refractivity contribution in [2.75, 3.05) is 13.7 Å². The number of hydrogen-bond acceptors (Lipinski definition) is 4. The number of alkyl halides is 1. The number of rotatable bonds is 4. The molecule has 17 heavy (non-hydrogen) atoms. The molecule has 1 aromatic rings. The number of carbonyl (C=O) groups is 1. The van der Waals surface area contributed by atoms with Crippen LogP contribution >= 0.6 is 11.6 Å². The van der Waals surface area contributed by atoms with Gasteiger partial charge >= 0.3 is 5.97 Å². The van der Waals surface area contributed by atoms with Gasteiger partial charge in [0.05, 0.1) is 7.11 Å². The van der Waals surface area contributed by atoms with Crippen LogP contribution in [0.5, 0.6) is 5.75 Å². The lowest BCUT2D eigenvalue weighted by molar-refractivity contribution is 0.0593. The fraction of sp³-hybridized carbons (Fsp3) is 0.455. The van der Waals surface area contributed by atoms with E-state index in [-0.39, 0.29) is 23.2 Å². The van der Waals surface area contributed by atoms with E-state index in [0.717, 1.165) is 0 Å². The van der Waals surface area contributed by atoms with Crippen molar-refractivity contribution in [1.29, 1.82) is 0 Å². The summed E-state index contributed by atoms with van der Waals surface area (Å²) >= 11 is 5.79. The van der Waals surface area contributed by atoms with Crippen LogP contribution in [0, 0.1) is 0 Å². The molecule has 6 heteroatoms. The third-order valence-electron chi connectivity index (χ3n) is 1.78. The van der Waals surface area contributed by atoms with Gasteiger partial charge < -0.3 is 9.47 Å². The fourth-order valence-corrected chi connectivity index (χ4v) is 1.21. The van der Waals surface area contributed by atoms with E-state index in [9.17, 15) is 9.18 Å². The Morgan fingerprint density at radius 2 is 2.18 bits per heavy atom. The molecule has 0 aliphatic carbocycles. The number of esters is 1. The molecule has 0 aliphatic rings. The second-order valence-corrected chi connectivity index (χ2v) is 4.34. The summed E-state index contributed by atoms with van der Waals surface area (Å²) in [5.74, 6) is -0.366. The predicted octanol–water partition coefficient (Wildman–Crippen LogP) is 2.65. The molecule has 0 saturated heterocycles. The van der Waals surface area contributed by atoms with Gasteiger partial charge in [0.2, 0.25) is 0 Å². The maximum Gasteiger partial charge on any atom is 0.356 e. The van der Waals surface area contributed by atoms with Crippen molar-refractivity contribution >= 4 is 17.6 Å². The van der Waals surface area contributed by atoms with Gasteiger partial charge in [-0.05, 0) is 26.0 Å². The van der Waals surface area contributed by atoms with Crippen molar-refractivity contribution < 1.29 is 18.7 Å². The minimum absolute atomic E-state index is 0.00264. The topological polar surface area (TPSA) is 48.4 Å². The average molecular weight is 262 g/mol. The van der Waals surface area contributed by atoms with Crippen molar-refractivity contribution in [3.8, 4) is 5.75 Å². The molecule has 1 aromatic heterocycles. The number of hydrogen-bond donors (Lipinski definition) is 0. The quantitative estimate of drug-likeness (QED) is 0.618. The number of halogens is 2. The largest absolute Gasteiger partial charge is 0.487 e. The molecule has 0 bridgehead atoms. The Balaban J connectivity index is 2.80. The fourth-order valence-electron chi connectivity index (χ4n) is 0.997. The van der Waals surface area contributed by atoms with E-state index in [4.69, 9.17) is 16.3 Å². The Bertz CT molecular complexity index is 418. The van der Waals surface area contributed by atoms with E-state index in [1.807, 2.05) is 0 Å². The molecule has 1 rings (SSSR count). The van der Waals surface area contributed by atoms with Crippen molar-refractivity contribution in [2.45, 2.75) is 19.5 Å². The zero-order chi connectivity index (χ0) is 13.1. The number of carbonyl (C=O) groups excluding carboxylic acids is 1. The van der Waals surface area contributed by atoms with Gasteiger partial charge in [-0.1, -0.05) is 11.6 Å². The summed E-state index contributed by atoms with van der Waals surface area (Å²) in [5.41, 5.74) is -1.39. The van der Waals surface area contributed by atoms with Gasteiger partial charge in [-0.3, -0.25) is 0 Å². The number of pyridine rings is 1. The molecule has 4 nitrogen and oxygen atoms in total. The molecule has 0 amide bonds. The van der Waals surface area contributed by atoms with E-state index in [2.05, 4.69) is 9.72 Å². The maximum absolute atomic E-state index is 13.2. The number of methoxy groups -OCH3 is 1. The molecule has 0 radical (unpaired) electrons. The third kappa shape index (κ3) is 4.19. The minimum Gasteiger partial charge on any atom is -0.487 e. The van der Waals surface area contributed by atoms with E-state index in [1.54, 1.807) is 0 Å². The summed E-state index contributed by atoms with van der Waals surface area (Å²) < 4.78 is 22.8.